The van der Waals surface area contributed by atoms with Crippen LogP contribution in [0.3, 0.4) is 0 Å². The van der Waals surface area contributed by atoms with E-state index in [4.69, 9.17) is 16.3 Å². The average Bonchev–Trinajstić information content (AvgIpc) is 3.08. The zero-order valence-corrected chi connectivity index (χ0v) is 18.8. The Morgan fingerprint density at radius 1 is 0.848 bits per heavy atom. The lowest BCUT2D eigenvalue weighted by molar-refractivity contribution is -0.137. The molecule has 1 fully saturated rings. The third kappa shape index (κ3) is 4.37. The number of imide groups is 1. The first-order valence-electron chi connectivity index (χ1n) is 11.0. The monoisotopic (exact) mass is 461 g/mol. The summed E-state index contributed by atoms with van der Waals surface area (Å²) in [4.78, 5) is 30.5. The first-order valence-corrected chi connectivity index (χ1v) is 11.4. The predicted molar refractivity (Wildman–Crippen MR) is 130 cm³/mol. The molecule has 5 rings (SSSR count). The minimum atomic E-state index is -0.314. The van der Waals surface area contributed by atoms with Crippen LogP contribution in [0.15, 0.2) is 72.4 Å². The van der Waals surface area contributed by atoms with Crippen molar-refractivity contribution in [2.24, 2.45) is 0 Å². The number of hydrogen-bond donors (Lipinski definition) is 1. The van der Waals surface area contributed by atoms with Gasteiger partial charge in [0.15, 0.2) is 0 Å². The molecule has 3 aromatic carbocycles. The van der Waals surface area contributed by atoms with Gasteiger partial charge in [0.1, 0.15) is 5.70 Å². The molecule has 0 atom stereocenters. The maximum absolute atomic E-state index is 13.5. The second kappa shape index (κ2) is 9.35. The SMILES string of the molecule is O=C1C(Nc2cccc3ccccc23)=C(c2ccc(Cl)cc2)C(=O)N1CCN1CCOCC1. The summed E-state index contributed by atoms with van der Waals surface area (Å²) in [7, 11) is 0. The summed E-state index contributed by atoms with van der Waals surface area (Å²) in [6, 6.07) is 20.8. The van der Waals surface area contributed by atoms with E-state index in [-0.39, 0.29) is 11.8 Å². The van der Waals surface area contributed by atoms with E-state index in [9.17, 15) is 9.59 Å². The Kier molecular flexibility index (Phi) is 6.13. The number of nitrogens with one attached hydrogen (secondary N) is 1. The molecule has 2 aliphatic heterocycles. The van der Waals surface area contributed by atoms with E-state index in [0.717, 1.165) is 29.5 Å². The number of morpholine rings is 1. The minimum Gasteiger partial charge on any atom is -0.379 e. The smallest absolute Gasteiger partial charge is 0.278 e. The molecule has 1 N–H and O–H groups in total. The molecule has 2 heterocycles. The van der Waals surface area contributed by atoms with Gasteiger partial charge in [0, 0.05) is 42.3 Å². The number of amides is 2. The van der Waals surface area contributed by atoms with E-state index >= 15 is 0 Å². The van der Waals surface area contributed by atoms with Gasteiger partial charge in [0.05, 0.1) is 18.8 Å². The van der Waals surface area contributed by atoms with Gasteiger partial charge in [-0.05, 0) is 29.1 Å². The van der Waals surface area contributed by atoms with Gasteiger partial charge in [-0.2, -0.15) is 0 Å². The summed E-state index contributed by atoms with van der Waals surface area (Å²) < 4.78 is 5.40. The van der Waals surface area contributed by atoms with Gasteiger partial charge >= 0.3 is 0 Å². The quantitative estimate of drug-likeness (QED) is 0.562. The number of ether oxygens (including phenoxy) is 1. The van der Waals surface area contributed by atoms with Crippen LogP contribution in [0.4, 0.5) is 5.69 Å². The number of carbonyl (C=O) groups excluding carboxylic acids is 2. The molecule has 2 aliphatic rings. The van der Waals surface area contributed by atoms with E-state index < -0.39 is 0 Å². The average molecular weight is 462 g/mol. The van der Waals surface area contributed by atoms with Crippen molar-refractivity contribution < 1.29 is 14.3 Å². The summed E-state index contributed by atoms with van der Waals surface area (Å²) >= 11 is 6.07. The fourth-order valence-corrected chi connectivity index (χ4v) is 4.44. The predicted octanol–water partition coefficient (Wildman–Crippen LogP) is 4.02. The molecule has 0 saturated carbocycles. The number of hydrogen-bond acceptors (Lipinski definition) is 5. The molecular weight excluding hydrogens is 438 g/mol. The summed E-state index contributed by atoms with van der Waals surface area (Å²) in [6.07, 6.45) is 0. The molecule has 0 spiro atoms. The van der Waals surface area contributed by atoms with E-state index in [1.165, 1.54) is 4.90 Å². The summed E-state index contributed by atoms with van der Waals surface area (Å²) in [6.45, 7) is 3.89. The first kappa shape index (κ1) is 21.6. The largest absolute Gasteiger partial charge is 0.379 e. The van der Waals surface area contributed by atoms with Crippen LogP contribution in [0.2, 0.25) is 5.02 Å². The Morgan fingerprint density at radius 3 is 2.36 bits per heavy atom. The summed E-state index contributed by atoms with van der Waals surface area (Å²) in [5.74, 6) is -0.607. The molecule has 2 amide bonds. The van der Waals surface area contributed by atoms with Crippen LogP contribution in [0.25, 0.3) is 16.3 Å². The van der Waals surface area contributed by atoms with Crippen LogP contribution in [0, 0.1) is 0 Å². The highest BCUT2D eigenvalue weighted by molar-refractivity contribution is 6.37. The van der Waals surface area contributed by atoms with Crippen molar-refractivity contribution in [3.05, 3.63) is 83.0 Å². The van der Waals surface area contributed by atoms with Crippen LogP contribution in [-0.4, -0.2) is 61.0 Å². The maximum Gasteiger partial charge on any atom is 0.278 e. The molecule has 0 aliphatic carbocycles. The van der Waals surface area contributed by atoms with E-state index in [1.807, 2.05) is 42.5 Å². The highest BCUT2D eigenvalue weighted by Crippen LogP contribution is 2.33. The molecule has 0 unspecified atom stereocenters. The Morgan fingerprint density at radius 2 is 1.58 bits per heavy atom. The van der Waals surface area contributed by atoms with Crippen molar-refractivity contribution in [1.29, 1.82) is 0 Å². The Bertz CT molecular complexity index is 1230. The van der Waals surface area contributed by atoms with Crippen LogP contribution in [0.1, 0.15) is 5.56 Å². The number of halogens is 1. The highest BCUT2D eigenvalue weighted by atomic mass is 35.5. The number of carbonyl (C=O) groups is 2. The number of benzene rings is 3. The van der Waals surface area contributed by atoms with Crippen LogP contribution in [-0.2, 0) is 14.3 Å². The number of rotatable bonds is 6. The first-order chi connectivity index (χ1) is 16.1. The molecule has 7 heteroatoms. The molecule has 0 aromatic heterocycles. The van der Waals surface area contributed by atoms with Gasteiger partial charge < -0.3 is 10.1 Å². The third-order valence-electron chi connectivity index (χ3n) is 6.09. The molecule has 0 radical (unpaired) electrons. The number of nitrogens with zero attached hydrogens (tertiary/aromatic N) is 2. The molecule has 33 heavy (non-hydrogen) atoms. The molecule has 168 valence electrons. The minimum absolute atomic E-state index is 0.292. The summed E-state index contributed by atoms with van der Waals surface area (Å²) in [5, 5.41) is 5.90. The maximum atomic E-state index is 13.5. The van der Waals surface area contributed by atoms with Gasteiger partial charge in [-0.1, -0.05) is 60.1 Å². The van der Waals surface area contributed by atoms with Gasteiger partial charge in [0.2, 0.25) is 0 Å². The van der Waals surface area contributed by atoms with E-state index in [2.05, 4.69) is 10.2 Å². The molecule has 1 saturated heterocycles. The van der Waals surface area contributed by atoms with Crippen LogP contribution < -0.4 is 5.32 Å². The lowest BCUT2D eigenvalue weighted by Crippen LogP contribution is -2.43. The standard InChI is InChI=1S/C26H24ClN3O3/c27-20-10-8-19(9-11-20)23-24(28-22-7-3-5-18-4-1-2-6-21(18)22)26(32)30(25(23)31)13-12-29-14-16-33-17-15-29/h1-11,28H,12-17H2. The van der Waals surface area contributed by atoms with E-state index in [1.54, 1.807) is 24.3 Å². The molecule has 6 nitrogen and oxygen atoms in total. The van der Waals surface area contributed by atoms with Gasteiger partial charge in [0.25, 0.3) is 11.8 Å². The Balaban J connectivity index is 1.49. The lowest BCUT2D eigenvalue weighted by atomic mass is 10.0. The van der Waals surface area contributed by atoms with Crippen LogP contribution >= 0.6 is 11.6 Å². The molecular formula is C26H24ClN3O3. The normalized spacial score (nSPS) is 17.3. The lowest BCUT2D eigenvalue weighted by Gasteiger charge is -2.28. The van der Waals surface area contributed by atoms with Crippen molar-refractivity contribution in [2.45, 2.75) is 0 Å². The van der Waals surface area contributed by atoms with Crippen molar-refractivity contribution in [1.82, 2.24) is 9.80 Å². The van der Waals surface area contributed by atoms with Crippen molar-refractivity contribution in [3.63, 3.8) is 0 Å². The molecule has 3 aromatic rings. The van der Waals surface area contributed by atoms with Gasteiger partial charge in [-0.25, -0.2) is 0 Å². The zero-order chi connectivity index (χ0) is 22.8. The third-order valence-corrected chi connectivity index (χ3v) is 6.35. The van der Waals surface area contributed by atoms with E-state index in [0.29, 0.717) is 48.2 Å². The molecule has 0 bridgehead atoms. The summed E-state index contributed by atoms with van der Waals surface area (Å²) in [5.41, 5.74) is 2.10. The Labute approximate surface area is 197 Å². The van der Waals surface area contributed by atoms with Gasteiger partial charge in [-0.3, -0.25) is 19.4 Å². The highest BCUT2D eigenvalue weighted by Gasteiger charge is 2.39. The Hall–Kier alpha value is -3.19. The van der Waals surface area contributed by atoms with Crippen molar-refractivity contribution in [2.75, 3.05) is 44.7 Å². The second-order valence-corrected chi connectivity index (χ2v) is 8.56. The topological polar surface area (TPSA) is 61.9 Å². The zero-order valence-electron chi connectivity index (χ0n) is 18.1. The fourth-order valence-electron chi connectivity index (χ4n) is 4.31. The number of fused-ring (bicyclic) bond motifs is 1. The fraction of sp³-hybridized carbons (Fsp3) is 0.231. The second-order valence-electron chi connectivity index (χ2n) is 8.12. The van der Waals surface area contributed by atoms with Gasteiger partial charge in [-0.15, -0.1) is 0 Å². The number of anilines is 1. The van der Waals surface area contributed by atoms with Crippen LogP contribution in [0.5, 0.6) is 0 Å². The van der Waals surface area contributed by atoms with Crippen molar-refractivity contribution >= 4 is 45.4 Å². The van der Waals surface area contributed by atoms with Crippen molar-refractivity contribution in [3.8, 4) is 0 Å².